The highest BCUT2D eigenvalue weighted by molar-refractivity contribution is 7.92. The van der Waals surface area contributed by atoms with E-state index >= 15 is 0 Å². The van der Waals surface area contributed by atoms with Crippen molar-refractivity contribution in [1.29, 1.82) is 0 Å². The van der Waals surface area contributed by atoms with Crippen LogP contribution in [0.2, 0.25) is 0 Å². The first-order valence-corrected chi connectivity index (χ1v) is 11.4. The summed E-state index contributed by atoms with van der Waals surface area (Å²) in [6.45, 7) is 0.125. The summed E-state index contributed by atoms with van der Waals surface area (Å²) in [6.07, 6.45) is 5.65. The van der Waals surface area contributed by atoms with Crippen molar-refractivity contribution in [1.82, 2.24) is 5.32 Å². The number of hydrogen-bond acceptors (Lipinski definition) is 5. The molecule has 1 N–H and O–H groups in total. The zero-order chi connectivity index (χ0) is 21.6. The minimum Gasteiger partial charge on any atom is -0.354 e. The third-order valence-electron chi connectivity index (χ3n) is 5.28. The Morgan fingerprint density at radius 1 is 1.03 bits per heavy atom. The van der Waals surface area contributed by atoms with E-state index in [4.69, 9.17) is 0 Å². The predicted molar refractivity (Wildman–Crippen MR) is 114 cm³/mol. The van der Waals surface area contributed by atoms with Gasteiger partial charge in [0.1, 0.15) is 6.54 Å². The van der Waals surface area contributed by atoms with Crippen LogP contribution < -0.4 is 9.62 Å². The Balaban J connectivity index is 1.81. The highest BCUT2D eigenvalue weighted by Crippen LogP contribution is 2.26. The molecule has 0 unspecified atom stereocenters. The highest BCUT2D eigenvalue weighted by Gasteiger charge is 2.27. The van der Waals surface area contributed by atoms with Gasteiger partial charge in [-0.15, -0.1) is 0 Å². The molecule has 0 bridgehead atoms. The minimum absolute atomic E-state index is 0.0448. The third kappa shape index (κ3) is 5.35. The normalized spacial score (nSPS) is 14.8. The van der Waals surface area contributed by atoms with E-state index < -0.39 is 27.4 Å². The number of sulfonamides is 1. The zero-order valence-electron chi connectivity index (χ0n) is 16.6. The molecule has 0 radical (unpaired) electrons. The standard InChI is InChI=1S/C21H25N3O5S/c25-21(22-15-17-7-3-1-4-8-17)16-23(18-11-13-19(14-12-18)24(26)27)30(28,29)20-9-5-2-6-10-20/h2,5-6,9-14,17H,1,3-4,7-8,15-16H2,(H,22,25). The monoisotopic (exact) mass is 431 g/mol. The number of nitro benzene ring substituents is 1. The number of carbonyl (C=O) groups excluding carboxylic acids is 1. The average Bonchev–Trinajstić information content (AvgIpc) is 2.77. The van der Waals surface area contributed by atoms with Gasteiger partial charge in [0, 0.05) is 18.7 Å². The van der Waals surface area contributed by atoms with Gasteiger partial charge in [-0.05, 0) is 43.0 Å². The fourth-order valence-electron chi connectivity index (χ4n) is 3.61. The minimum atomic E-state index is -4.02. The van der Waals surface area contributed by atoms with Crippen LogP contribution in [0.4, 0.5) is 11.4 Å². The molecule has 0 atom stereocenters. The van der Waals surface area contributed by atoms with Gasteiger partial charge in [0.25, 0.3) is 15.7 Å². The Morgan fingerprint density at radius 2 is 1.67 bits per heavy atom. The number of carbonyl (C=O) groups is 1. The lowest BCUT2D eigenvalue weighted by atomic mass is 9.89. The first kappa shape index (κ1) is 21.8. The van der Waals surface area contributed by atoms with Gasteiger partial charge < -0.3 is 5.32 Å². The molecule has 1 saturated carbocycles. The van der Waals surface area contributed by atoms with Crippen LogP contribution in [0, 0.1) is 16.0 Å². The fraction of sp³-hybridized carbons (Fsp3) is 0.381. The van der Waals surface area contributed by atoms with Crippen LogP contribution in [0.1, 0.15) is 32.1 Å². The number of anilines is 1. The Labute approximate surface area is 176 Å². The Bertz CT molecular complexity index is 971. The van der Waals surface area contributed by atoms with E-state index in [1.54, 1.807) is 18.2 Å². The molecule has 2 aromatic carbocycles. The fourth-order valence-corrected chi connectivity index (χ4v) is 5.05. The number of hydrogen-bond donors (Lipinski definition) is 1. The smallest absolute Gasteiger partial charge is 0.269 e. The van der Waals surface area contributed by atoms with E-state index in [2.05, 4.69) is 5.32 Å². The summed E-state index contributed by atoms with van der Waals surface area (Å²) in [7, 11) is -4.02. The van der Waals surface area contributed by atoms with Crippen molar-refractivity contribution in [2.45, 2.75) is 37.0 Å². The van der Waals surface area contributed by atoms with Crippen LogP contribution in [0.3, 0.4) is 0 Å². The van der Waals surface area contributed by atoms with Gasteiger partial charge in [0.15, 0.2) is 0 Å². The molecule has 1 amide bonds. The van der Waals surface area contributed by atoms with Crippen LogP contribution >= 0.6 is 0 Å². The second-order valence-electron chi connectivity index (χ2n) is 7.41. The van der Waals surface area contributed by atoms with Crippen LogP contribution in [-0.4, -0.2) is 32.3 Å². The molecule has 1 aliphatic carbocycles. The van der Waals surface area contributed by atoms with Crippen molar-refractivity contribution in [3.8, 4) is 0 Å². The second-order valence-corrected chi connectivity index (χ2v) is 9.27. The van der Waals surface area contributed by atoms with Crippen molar-refractivity contribution < 1.29 is 18.1 Å². The molecular weight excluding hydrogens is 406 g/mol. The van der Waals surface area contributed by atoms with Crippen LogP contribution in [-0.2, 0) is 14.8 Å². The van der Waals surface area contributed by atoms with Gasteiger partial charge in [-0.2, -0.15) is 0 Å². The number of non-ortho nitro benzene ring substituents is 1. The molecule has 30 heavy (non-hydrogen) atoms. The summed E-state index contributed by atoms with van der Waals surface area (Å²) in [5.41, 5.74) is 0.0369. The van der Waals surface area contributed by atoms with Crippen LogP contribution in [0.5, 0.6) is 0 Å². The quantitative estimate of drug-likeness (QED) is 0.508. The lowest BCUT2D eigenvalue weighted by Crippen LogP contribution is -2.42. The lowest BCUT2D eigenvalue weighted by molar-refractivity contribution is -0.384. The first-order valence-electron chi connectivity index (χ1n) is 9.97. The van der Waals surface area contributed by atoms with Crippen LogP contribution in [0.25, 0.3) is 0 Å². The van der Waals surface area contributed by atoms with Crippen molar-refractivity contribution in [2.75, 3.05) is 17.4 Å². The topological polar surface area (TPSA) is 110 Å². The molecule has 0 saturated heterocycles. The maximum absolute atomic E-state index is 13.2. The van der Waals surface area contributed by atoms with Crippen molar-refractivity contribution in [2.24, 2.45) is 5.92 Å². The molecule has 0 aliphatic heterocycles. The summed E-state index contributed by atoms with van der Waals surface area (Å²) in [5.74, 6) is 0.0136. The molecule has 0 aromatic heterocycles. The number of benzene rings is 2. The molecule has 8 nitrogen and oxygen atoms in total. The van der Waals surface area contributed by atoms with Gasteiger partial charge in [-0.25, -0.2) is 8.42 Å². The van der Waals surface area contributed by atoms with Crippen LogP contribution in [0.15, 0.2) is 59.5 Å². The van der Waals surface area contributed by atoms with E-state index in [1.807, 2.05) is 0 Å². The zero-order valence-corrected chi connectivity index (χ0v) is 17.4. The Kier molecular flexibility index (Phi) is 7.04. The SMILES string of the molecule is O=C(CN(c1ccc([N+](=O)[O-])cc1)S(=O)(=O)c1ccccc1)NCC1CCCCC1. The van der Waals surface area contributed by atoms with Gasteiger partial charge in [0.2, 0.25) is 5.91 Å². The van der Waals surface area contributed by atoms with E-state index in [0.717, 1.165) is 30.0 Å². The molecular formula is C21H25N3O5S. The predicted octanol–water partition coefficient (Wildman–Crippen LogP) is 3.49. The highest BCUT2D eigenvalue weighted by atomic mass is 32.2. The molecule has 3 rings (SSSR count). The first-order chi connectivity index (χ1) is 14.4. The van der Waals surface area contributed by atoms with E-state index in [0.29, 0.717) is 12.5 Å². The number of amides is 1. The number of rotatable bonds is 8. The number of nitro groups is 1. The van der Waals surface area contributed by atoms with Crippen molar-refractivity contribution in [3.05, 3.63) is 64.7 Å². The lowest BCUT2D eigenvalue weighted by Gasteiger charge is -2.25. The summed E-state index contributed by atoms with van der Waals surface area (Å²) in [4.78, 5) is 23.0. The number of nitrogens with zero attached hydrogens (tertiary/aromatic N) is 2. The summed E-state index contributed by atoms with van der Waals surface area (Å²) in [6, 6.07) is 12.9. The summed E-state index contributed by atoms with van der Waals surface area (Å²) in [5, 5.41) is 13.8. The van der Waals surface area contributed by atoms with E-state index in [9.17, 15) is 23.3 Å². The average molecular weight is 432 g/mol. The second kappa shape index (κ2) is 9.71. The molecule has 1 fully saturated rings. The molecule has 1 aliphatic rings. The largest absolute Gasteiger partial charge is 0.354 e. The third-order valence-corrected chi connectivity index (χ3v) is 7.07. The molecule has 0 heterocycles. The van der Waals surface area contributed by atoms with Crippen molar-refractivity contribution >= 4 is 27.3 Å². The Morgan fingerprint density at radius 3 is 2.27 bits per heavy atom. The summed E-state index contributed by atoms with van der Waals surface area (Å²) >= 11 is 0. The van der Waals surface area contributed by atoms with Gasteiger partial charge in [0.05, 0.1) is 15.5 Å². The van der Waals surface area contributed by atoms with Crippen molar-refractivity contribution in [3.63, 3.8) is 0 Å². The van der Waals surface area contributed by atoms with Gasteiger partial charge in [-0.3, -0.25) is 19.2 Å². The van der Waals surface area contributed by atoms with Gasteiger partial charge in [-0.1, -0.05) is 37.5 Å². The maximum atomic E-state index is 13.2. The molecule has 2 aromatic rings. The summed E-state index contributed by atoms with van der Waals surface area (Å²) < 4.78 is 27.4. The Hall–Kier alpha value is -2.94. The van der Waals surface area contributed by atoms with E-state index in [1.165, 1.54) is 42.8 Å². The number of nitrogens with one attached hydrogen (secondary N) is 1. The maximum Gasteiger partial charge on any atom is 0.269 e. The molecule has 9 heteroatoms. The van der Waals surface area contributed by atoms with E-state index in [-0.39, 0.29) is 16.3 Å². The molecule has 0 spiro atoms. The molecule has 160 valence electrons. The van der Waals surface area contributed by atoms with Gasteiger partial charge >= 0.3 is 0 Å².